The Morgan fingerprint density at radius 3 is 2.72 bits per heavy atom. The molecule has 0 aromatic heterocycles. The quantitative estimate of drug-likeness (QED) is 0.652. The molecule has 1 rings (SSSR count). The number of carbonyl (C=O) groups is 1. The topological polar surface area (TPSA) is 75.8 Å². The molecule has 0 bridgehead atoms. The summed E-state index contributed by atoms with van der Waals surface area (Å²) in [4.78, 5) is 13.8. The van der Waals surface area contributed by atoms with E-state index in [0.717, 1.165) is 32.2 Å². The predicted octanol–water partition coefficient (Wildman–Crippen LogP) is 0.504. The van der Waals surface area contributed by atoms with Crippen molar-refractivity contribution in [3.05, 3.63) is 0 Å². The highest BCUT2D eigenvalue weighted by Gasteiger charge is 2.27. The molecule has 1 saturated heterocycles. The van der Waals surface area contributed by atoms with Crippen molar-refractivity contribution >= 4 is 5.91 Å². The third-order valence-electron chi connectivity index (χ3n) is 3.23. The zero-order valence-corrected chi connectivity index (χ0v) is 11.3. The van der Waals surface area contributed by atoms with Gasteiger partial charge in [0.25, 0.3) is 0 Å². The van der Waals surface area contributed by atoms with Gasteiger partial charge < -0.3 is 20.5 Å². The molecular weight excluding hydrogens is 232 g/mol. The van der Waals surface area contributed by atoms with Crippen LogP contribution in [0.15, 0.2) is 0 Å². The largest absolute Gasteiger partial charge is 0.394 e. The van der Waals surface area contributed by atoms with E-state index in [4.69, 9.17) is 15.6 Å². The van der Waals surface area contributed by atoms with Gasteiger partial charge in [0.1, 0.15) is 0 Å². The van der Waals surface area contributed by atoms with Crippen molar-refractivity contribution in [2.45, 2.75) is 51.2 Å². The van der Waals surface area contributed by atoms with Gasteiger partial charge in [0.15, 0.2) is 0 Å². The fourth-order valence-corrected chi connectivity index (χ4v) is 2.28. The van der Waals surface area contributed by atoms with E-state index < -0.39 is 0 Å². The lowest BCUT2D eigenvalue weighted by atomic mass is 10.1. The summed E-state index contributed by atoms with van der Waals surface area (Å²) in [5, 5.41) is 9.11. The minimum Gasteiger partial charge on any atom is -0.394 e. The van der Waals surface area contributed by atoms with E-state index in [-0.39, 0.29) is 24.7 Å². The van der Waals surface area contributed by atoms with Crippen molar-refractivity contribution in [3.8, 4) is 0 Å². The first-order valence-electron chi connectivity index (χ1n) is 6.91. The number of rotatable bonds is 7. The van der Waals surface area contributed by atoms with Crippen molar-refractivity contribution in [2.24, 2.45) is 5.73 Å². The second-order valence-corrected chi connectivity index (χ2v) is 5.00. The fraction of sp³-hybridized carbons (Fsp3) is 0.923. The monoisotopic (exact) mass is 258 g/mol. The van der Waals surface area contributed by atoms with Gasteiger partial charge >= 0.3 is 0 Å². The number of nitrogens with two attached hydrogens (primary N) is 1. The molecule has 0 saturated carbocycles. The van der Waals surface area contributed by atoms with E-state index in [1.807, 2.05) is 11.8 Å². The molecule has 0 radical (unpaired) electrons. The molecule has 1 amide bonds. The first-order valence-corrected chi connectivity index (χ1v) is 6.91. The standard InChI is InChI=1S/C13H26N2O3/c1-11-8-15(9-12(10-16)18-11)13(17)6-4-2-3-5-7-14/h11-12,16H,2-10,14H2,1H3. The highest BCUT2D eigenvalue weighted by molar-refractivity contribution is 5.76. The number of unbranched alkanes of at least 4 members (excludes halogenated alkanes) is 3. The Bertz CT molecular complexity index is 248. The lowest BCUT2D eigenvalue weighted by molar-refractivity contribution is -0.147. The minimum atomic E-state index is -0.227. The zero-order valence-electron chi connectivity index (χ0n) is 11.3. The summed E-state index contributed by atoms with van der Waals surface area (Å²) in [5.41, 5.74) is 5.42. The van der Waals surface area contributed by atoms with Crippen LogP contribution in [0.1, 0.15) is 39.0 Å². The van der Waals surface area contributed by atoms with Gasteiger partial charge in [-0.05, 0) is 26.3 Å². The van der Waals surface area contributed by atoms with Crippen LogP contribution in [0.25, 0.3) is 0 Å². The van der Waals surface area contributed by atoms with Gasteiger partial charge in [-0.1, -0.05) is 12.8 Å². The van der Waals surface area contributed by atoms with Crippen LogP contribution in [0.3, 0.4) is 0 Å². The molecule has 5 heteroatoms. The molecule has 106 valence electrons. The number of aliphatic hydroxyl groups excluding tert-OH is 1. The Labute approximate surface area is 109 Å². The van der Waals surface area contributed by atoms with Gasteiger partial charge in [-0.25, -0.2) is 0 Å². The van der Waals surface area contributed by atoms with Crippen molar-refractivity contribution in [2.75, 3.05) is 26.2 Å². The van der Waals surface area contributed by atoms with E-state index in [1.54, 1.807) is 0 Å². The second kappa shape index (κ2) is 8.45. The summed E-state index contributed by atoms with van der Waals surface area (Å²) >= 11 is 0. The summed E-state index contributed by atoms with van der Waals surface area (Å²) in [6, 6.07) is 0. The van der Waals surface area contributed by atoms with Gasteiger partial charge in [-0.2, -0.15) is 0 Å². The molecule has 1 aliphatic rings. The SMILES string of the molecule is CC1CN(C(=O)CCCCCCN)CC(CO)O1. The summed E-state index contributed by atoms with van der Waals surface area (Å²) in [6.45, 7) is 3.79. The third-order valence-corrected chi connectivity index (χ3v) is 3.23. The second-order valence-electron chi connectivity index (χ2n) is 5.00. The van der Waals surface area contributed by atoms with Gasteiger partial charge in [-0.15, -0.1) is 0 Å². The summed E-state index contributed by atoms with van der Waals surface area (Å²) in [7, 11) is 0. The smallest absolute Gasteiger partial charge is 0.222 e. The Morgan fingerprint density at radius 1 is 1.33 bits per heavy atom. The number of aliphatic hydroxyl groups is 1. The number of hydrogen-bond donors (Lipinski definition) is 2. The van der Waals surface area contributed by atoms with Crippen LogP contribution in [0, 0.1) is 0 Å². The van der Waals surface area contributed by atoms with Crippen molar-refractivity contribution in [1.29, 1.82) is 0 Å². The van der Waals surface area contributed by atoms with Crippen LogP contribution in [0.4, 0.5) is 0 Å². The molecule has 0 aliphatic carbocycles. The molecule has 1 aliphatic heterocycles. The average molecular weight is 258 g/mol. The molecule has 0 aromatic rings. The molecule has 0 aromatic carbocycles. The lowest BCUT2D eigenvalue weighted by Crippen LogP contribution is -2.50. The van der Waals surface area contributed by atoms with E-state index in [9.17, 15) is 4.79 Å². The van der Waals surface area contributed by atoms with Crippen LogP contribution in [-0.4, -0.2) is 54.4 Å². The summed E-state index contributed by atoms with van der Waals surface area (Å²) in [5.74, 6) is 0.177. The summed E-state index contributed by atoms with van der Waals surface area (Å²) in [6.07, 6.45) is 4.50. The Balaban J connectivity index is 2.23. The van der Waals surface area contributed by atoms with Gasteiger partial charge in [0, 0.05) is 19.5 Å². The van der Waals surface area contributed by atoms with E-state index in [0.29, 0.717) is 19.5 Å². The van der Waals surface area contributed by atoms with Crippen LogP contribution in [0.2, 0.25) is 0 Å². The Morgan fingerprint density at radius 2 is 2.06 bits per heavy atom. The number of nitrogens with zero attached hydrogens (tertiary/aromatic N) is 1. The van der Waals surface area contributed by atoms with Crippen molar-refractivity contribution in [3.63, 3.8) is 0 Å². The summed E-state index contributed by atoms with van der Waals surface area (Å²) < 4.78 is 5.52. The van der Waals surface area contributed by atoms with Crippen LogP contribution in [-0.2, 0) is 9.53 Å². The highest BCUT2D eigenvalue weighted by atomic mass is 16.5. The molecule has 2 unspecified atom stereocenters. The third kappa shape index (κ3) is 5.33. The molecule has 1 heterocycles. The lowest BCUT2D eigenvalue weighted by Gasteiger charge is -2.36. The minimum absolute atomic E-state index is 0.0112. The number of morpholine rings is 1. The average Bonchev–Trinajstić information content (AvgIpc) is 2.37. The first kappa shape index (κ1) is 15.4. The van der Waals surface area contributed by atoms with E-state index in [2.05, 4.69) is 0 Å². The molecule has 18 heavy (non-hydrogen) atoms. The van der Waals surface area contributed by atoms with Crippen LogP contribution in [0.5, 0.6) is 0 Å². The molecule has 2 atom stereocenters. The normalized spacial score (nSPS) is 24.3. The fourth-order valence-electron chi connectivity index (χ4n) is 2.28. The molecule has 0 spiro atoms. The number of hydrogen-bond acceptors (Lipinski definition) is 4. The molecule has 5 nitrogen and oxygen atoms in total. The zero-order chi connectivity index (χ0) is 13.4. The van der Waals surface area contributed by atoms with Gasteiger partial charge in [-0.3, -0.25) is 4.79 Å². The van der Waals surface area contributed by atoms with E-state index >= 15 is 0 Å². The predicted molar refractivity (Wildman–Crippen MR) is 70.1 cm³/mol. The molecular formula is C13H26N2O3. The van der Waals surface area contributed by atoms with Gasteiger partial charge in [0.05, 0.1) is 18.8 Å². The number of amides is 1. The van der Waals surface area contributed by atoms with Gasteiger partial charge in [0.2, 0.25) is 5.91 Å². The van der Waals surface area contributed by atoms with Crippen LogP contribution >= 0.6 is 0 Å². The van der Waals surface area contributed by atoms with Crippen LogP contribution < -0.4 is 5.73 Å². The first-order chi connectivity index (χ1) is 8.67. The Kier molecular flexibility index (Phi) is 7.23. The number of ether oxygens (including phenoxy) is 1. The van der Waals surface area contributed by atoms with Crippen molar-refractivity contribution < 1.29 is 14.6 Å². The van der Waals surface area contributed by atoms with Crippen molar-refractivity contribution in [1.82, 2.24) is 4.90 Å². The highest BCUT2D eigenvalue weighted by Crippen LogP contribution is 2.13. The maximum absolute atomic E-state index is 12.0. The Hall–Kier alpha value is -0.650. The van der Waals surface area contributed by atoms with E-state index in [1.165, 1.54) is 0 Å². The molecule has 3 N–H and O–H groups in total. The molecule has 1 fully saturated rings. The maximum Gasteiger partial charge on any atom is 0.222 e. The maximum atomic E-state index is 12.0. The number of carbonyl (C=O) groups excluding carboxylic acids is 1.